The highest BCUT2D eigenvalue weighted by Gasteiger charge is 2.38. The second-order valence-electron chi connectivity index (χ2n) is 5.91. The maximum absolute atomic E-state index is 11.0. The monoisotopic (exact) mass is 292 g/mol. The van der Waals surface area contributed by atoms with Crippen LogP contribution in [0.2, 0.25) is 0 Å². The molecule has 0 amide bonds. The van der Waals surface area contributed by atoms with Crippen molar-refractivity contribution in [3.05, 3.63) is 81.9 Å². The Balaban J connectivity index is 1.79. The Morgan fingerprint density at radius 1 is 1.14 bits per heavy atom. The van der Waals surface area contributed by atoms with Crippen LogP contribution in [-0.4, -0.2) is 4.92 Å². The minimum absolute atomic E-state index is 0.165. The van der Waals surface area contributed by atoms with E-state index in [4.69, 9.17) is 0 Å². The first-order valence-corrected chi connectivity index (χ1v) is 7.50. The van der Waals surface area contributed by atoms with Crippen molar-refractivity contribution in [2.24, 2.45) is 5.92 Å². The Labute approximate surface area is 128 Å². The van der Waals surface area contributed by atoms with Gasteiger partial charge >= 0.3 is 0 Å². The third-order valence-electron chi connectivity index (χ3n) is 4.72. The lowest BCUT2D eigenvalue weighted by molar-refractivity contribution is -0.384. The van der Waals surface area contributed by atoms with Gasteiger partial charge in [-0.1, -0.05) is 42.5 Å². The van der Waals surface area contributed by atoms with Gasteiger partial charge in [0.05, 0.1) is 11.0 Å². The Hall–Kier alpha value is -2.62. The second kappa shape index (κ2) is 4.98. The topological polar surface area (TPSA) is 55.2 Å². The summed E-state index contributed by atoms with van der Waals surface area (Å²) in [6, 6.07) is 15.8. The molecular formula is C18H16N2O2. The van der Waals surface area contributed by atoms with Crippen LogP contribution in [0.3, 0.4) is 0 Å². The molecule has 0 radical (unpaired) electrons. The SMILES string of the molecule is O=[N+]([O-])c1ccc2c(c1)[C@@H]1C=CC[C@H]1[C@@H](c1ccccc1)N2. The molecule has 0 fully saturated rings. The van der Waals surface area contributed by atoms with Crippen LogP contribution < -0.4 is 5.32 Å². The first kappa shape index (κ1) is 13.1. The minimum Gasteiger partial charge on any atom is -0.378 e. The Bertz CT molecular complexity index is 755. The van der Waals surface area contributed by atoms with Gasteiger partial charge in [0.15, 0.2) is 0 Å². The number of nitrogens with zero attached hydrogens (tertiary/aromatic N) is 1. The Morgan fingerprint density at radius 2 is 1.95 bits per heavy atom. The van der Waals surface area contributed by atoms with Crippen molar-refractivity contribution in [1.82, 2.24) is 0 Å². The molecule has 4 rings (SSSR count). The van der Waals surface area contributed by atoms with E-state index in [2.05, 4.69) is 41.7 Å². The fourth-order valence-electron chi connectivity index (χ4n) is 3.69. The summed E-state index contributed by atoms with van der Waals surface area (Å²) in [5.41, 5.74) is 3.48. The molecule has 3 atom stereocenters. The van der Waals surface area contributed by atoms with E-state index in [-0.39, 0.29) is 22.6 Å². The van der Waals surface area contributed by atoms with E-state index in [0.29, 0.717) is 5.92 Å². The number of allylic oxidation sites excluding steroid dienone is 2. The predicted molar refractivity (Wildman–Crippen MR) is 85.9 cm³/mol. The molecule has 4 nitrogen and oxygen atoms in total. The molecule has 1 heterocycles. The molecule has 0 bridgehead atoms. The summed E-state index contributed by atoms with van der Waals surface area (Å²) in [7, 11) is 0. The first-order chi connectivity index (χ1) is 10.7. The van der Waals surface area contributed by atoms with E-state index in [1.807, 2.05) is 12.1 Å². The lowest BCUT2D eigenvalue weighted by Crippen LogP contribution is -2.29. The van der Waals surface area contributed by atoms with Gasteiger partial charge in [-0.2, -0.15) is 0 Å². The molecule has 1 aliphatic carbocycles. The molecule has 2 aliphatic rings. The molecule has 110 valence electrons. The number of nitrogens with one attached hydrogen (secondary N) is 1. The van der Waals surface area contributed by atoms with Gasteiger partial charge in [-0.15, -0.1) is 0 Å². The number of rotatable bonds is 2. The number of hydrogen-bond donors (Lipinski definition) is 1. The van der Waals surface area contributed by atoms with Gasteiger partial charge < -0.3 is 5.32 Å². The molecule has 2 aromatic rings. The molecule has 0 aromatic heterocycles. The van der Waals surface area contributed by atoms with Gasteiger partial charge in [-0.25, -0.2) is 0 Å². The van der Waals surface area contributed by atoms with E-state index in [1.165, 1.54) is 5.56 Å². The quantitative estimate of drug-likeness (QED) is 0.506. The van der Waals surface area contributed by atoms with Crippen LogP contribution >= 0.6 is 0 Å². The normalized spacial score (nSPS) is 25.2. The van der Waals surface area contributed by atoms with Crippen LogP contribution in [0.25, 0.3) is 0 Å². The van der Waals surface area contributed by atoms with Gasteiger partial charge in [-0.05, 0) is 29.5 Å². The van der Waals surface area contributed by atoms with E-state index >= 15 is 0 Å². The fourth-order valence-corrected chi connectivity index (χ4v) is 3.69. The van der Waals surface area contributed by atoms with Crippen LogP contribution in [0.5, 0.6) is 0 Å². The zero-order chi connectivity index (χ0) is 15.1. The van der Waals surface area contributed by atoms with Crippen LogP contribution in [0.4, 0.5) is 11.4 Å². The third-order valence-corrected chi connectivity index (χ3v) is 4.72. The number of fused-ring (bicyclic) bond motifs is 3. The minimum atomic E-state index is -0.322. The standard InChI is InChI=1S/C18H16N2O2/c21-20(22)13-9-10-17-16(11-13)14-7-4-8-15(14)18(19-17)12-5-2-1-3-6-12/h1-7,9-11,14-15,18-19H,8H2/t14-,15-,18-/m1/s1. The highest BCUT2D eigenvalue weighted by atomic mass is 16.6. The van der Waals surface area contributed by atoms with E-state index < -0.39 is 0 Å². The summed E-state index contributed by atoms with van der Waals surface area (Å²) >= 11 is 0. The average molecular weight is 292 g/mol. The molecule has 2 aromatic carbocycles. The summed E-state index contributed by atoms with van der Waals surface area (Å²) in [4.78, 5) is 10.7. The largest absolute Gasteiger partial charge is 0.378 e. The number of nitro groups is 1. The summed E-state index contributed by atoms with van der Waals surface area (Å²) in [5, 5.41) is 14.6. The lowest BCUT2D eigenvalue weighted by atomic mass is 9.77. The summed E-state index contributed by atoms with van der Waals surface area (Å²) < 4.78 is 0. The van der Waals surface area contributed by atoms with Crippen LogP contribution in [-0.2, 0) is 0 Å². The molecular weight excluding hydrogens is 276 g/mol. The molecule has 1 aliphatic heterocycles. The predicted octanol–water partition coefficient (Wildman–Crippen LogP) is 4.42. The van der Waals surface area contributed by atoms with Crippen LogP contribution in [0.1, 0.15) is 29.5 Å². The highest BCUT2D eigenvalue weighted by Crippen LogP contribution is 2.50. The van der Waals surface area contributed by atoms with E-state index in [1.54, 1.807) is 12.1 Å². The maximum atomic E-state index is 11.0. The molecule has 0 unspecified atom stereocenters. The molecule has 0 saturated heterocycles. The van der Waals surface area contributed by atoms with Gasteiger partial charge in [0, 0.05) is 23.7 Å². The van der Waals surface area contributed by atoms with Crippen molar-refractivity contribution in [1.29, 1.82) is 0 Å². The van der Waals surface area contributed by atoms with Crippen molar-refractivity contribution < 1.29 is 4.92 Å². The number of nitro benzene ring substituents is 1. The van der Waals surface area contributed by atoms with Crippen molar-refractivity contribution >= 4 is 11.4 Å². The van der Waals surface area contributed by atoms with E-state index in [0.717, 1.165) is 17.7 Å². The second-order valence-corrected chi connectivity index (χ2v) is 5.91. The maximum Gasteiger partial charge on any atom is 0.269 e. The number of non-ortho nitro benzene ring substituents is 1. The Morgan fingerprint density at radius 3 is 2.73 bits per heavy atom. The molecule has 0 saturated carbocycles. The molecule has 4 heteroatoms. The summed E-state index contributed by atoms with van der Waals surface area (Å²) in [6.07, 6.45) is 5.39. The van der Waals surface area contributed by atoms with Gasteiger partial charge in [0.1, 0.15) is 0 Å². The van der Waals surface area contributed by atoms with Crippen molar-refractivity contribution in [3.8, 4) is 0 Å². The highest BCUT2D eigenvalue weighted by molar-refractivity contribution is 5.62. The van der Waals surface area contributed by atoms with Gasteiger partial charge in [0.2, 0.25) is 0 Å². The number of anilines is 1. The van der Waals surface area contributed by atoms with Crippen molar-refractivity contribution in [2.75, 3.05) is 5.32 Å². The zero-order valence-corrected chi connectivity index (χ0v) is 12.0. The smallest absolute Gasteiger partial charge is 0.269 e. The van der Waals surface area contributed by atoms with Gasteiger partial charge in [0.25, 0.3) is 5.69 Å². The first-order valence-electron chi connectivity index (χ1n) is 7.50. The summed E-state index contributed by atoms with van der Waals surface area (Å²) in [5.74, 6) is 0.665. The zero-order valence-electron chi connectivity index (χ0n) is 12.0. The molecule has 22 heavy (non-hydrogen) atoms. The number of hydrogen-bond acceptors (Lipinski definition) is 3. The van der Waals surface area contributed by atoms with Crippen molar-refractivity contribution in [2.45, 2.75) is 18.4 Å². The van der Waals surface area contributed by atoms with Gasteiger partial charge in [-0.3, -0.25) is 10.1 Å². The number of benzene rings is 2. The van der Waals surface area contributed by atoms with Crippen LogP contribution in [0, 0.1) is 16.0 Å². The third kappa shape index (κ3) is 1.99. The summed E-state index contributed by atoms with van der Waals surface area (Å²) in [6.45, 7) is 0. The van der Waals surface area contributed by atoms with Crippen molar-refractivity contribution in [3.63, 3.8) is 0 Å². The molecule has 0 spiro atoms. The van der Waals surface area contributed by atoms with Crippen LogP contribution in [0.15, 0.2) is 60.7 Å². The van der Waals surface area contributed by atoms with E-state index in [9.17, 15) is 10.1 Å². The lowest BCUT2D eigenvalue weighted by Gasteiger charge is -2.37. The molecule has 1 N–H and O–H groups in total. The average Bonchev–Trinajstić information content (AvgIpc) is 3.04. The fraction of sp³-hybridized carbons (Fsp3) is 0.222. The Kier molecular flexibility index (Phi) is 2.96.